The Hall–Kier alpha value is -4.51. The van der Waals surface area contributed by atoms with Gasteiger partial charge in [-0.1, -0.05) is 66.7 Å². The van der Waals surface area contributed by atoms with Crippen molar-refractivity contribution in [1.29, 1.82) is 0 Å². The zero-order valence-corrected chi connectivity index (χ0v) is 18.1. The molecule has 5 heteroatoms. The summed E-state index contributed by atoms with van der Waals surface area (Å²) in [6.45, 7) is 0.661. The van der Waals surface area contributed by atoms with E-state index in [9.17, 15) is 4.39 Å². The Morgan fingerprint density at radius 1 is 0.735 bits per heavy atom. The Kier molecular flexibility index (Phi) is 4.05. The van der Waals surface area contributed by atoms with Crippen molar-refractivity contribution >= 4 is 43.9 Å². The summed E-state index contributed by atoms with van der Waals surface area (Å²) in [6.07, 6.45) is 0. The number of aromatic nitrogens is 3. The second-order valence-electron chi connectivity index (χ2n) is 8.47. The summed E-state index contributed by atoms with van der Waals surface area (Å²) >= 11 is 0. The minimum atomic E-state index is -0.559. The van der Waals surface area contributed by atoms with E-state index in [1.54, 1.807) is 6.07 Å². The number of benzene rings is 4. The highest BCUT2D eigenvalue weighted by molar-refractivity contribution is 6.08. The molecule has 4 nitrogen and oxygen atoms in total. The van der Waals surface area contributed by atoms with Gasteiger partial charge in [-0.2, -0.15) is 9.37 Å². The third-order valence-corrected chi connectivity index (χ3v) is 6.37. The van der Waals surface area contributed by atoms with Gasteiger partial charge < -0.3 is 8.98 Å². The van der Waals surface area contributed by atoms with Crippen LogP contribution in [0.15, 0.2) is 101 Å². The summed E-state index contributed by atoms with van der Waals surface area (Å²) in [4.78, 5) is 9.03. The minimum Gasteiger partial charge on any atom is -0.437 e. The Labute approximate surface area is 193 Å². The highest BCUT2D eigenvalue weighted by atomic mass is 19.1. The second kappa shape index (κ2) is 7.25. The molecular weight excluding hydrogens is 425 g/mol. The van der Waals surface area contributed by atoms with Gasteiger partial charge in [0.15, 0.2) is 0 Å². The van der Waals surface area contributed by atoms with Crippen LogP contribution in [0.1, 0.15) is 5.56 Å². The van der Waals surface area contributed by atoms with Crippen LogP contribution in [0, 0.1) is 5.95 Å². The monoisotopic (exact) mass is 443 g/mol. The lowest BCUT2D eigenvalue weighted by molar-refractivity contribution is 0.569. The average molecular weight is 443 g/mol. The SMILES string of the molecule is Fc1ccc2c(n1)oc1c(-c3nc4cc5ccccc5cc4n3Cc3ccccc3)cccc12. The van der Waals surface area contributed by atoms with E-state index in [0.717, 1.165) is 44.0 Å². The first kappa shape index (κ1) is 19.0. The van der Waals surface area contributed by atoms with E-state index in [-0.39, 0.29) is 0 Å². The van der Waals surface area contributed by atoms with Crippen LogP contribution in [0.5, 0.6) is 0 Å². The molecule has 162 valence electrons. The number of furan rings is 1. The van der Waals surface area contributed by atoms with Crippen LogP contribution in [-0.2, 0) is 6.54 Å². The number of pyridine rings is 1. The smallest absolute Gasteiger partial charge is 0.229 e. The largest absolute Gasteiger partial charge is 0.437 e. The number of imidazole rings is 1. The molecule has 3 heterocycles. The average Bonchev–Trinajstić information content (AvgIpc) is 3.40. The predicted molar refractivity (Wildman–Crippen MR) is 133 cm³/mol. The first-order valence-corrected chi connectivity index (χ1v) is 11.2. The summed E-state index contributed by atoms with van der Waals surface area (Å²) in [5.74, 6) is 0.246. The maximum atomic E-state index is 13.8. The lowest BCUT2D eigenvalue weighted by Crippen LogP contribution is -2.02. The van der Waals surface area contributed by atoms with Crippen molar-refractivity contribution in [2.75, 3.05) is 0 Å². The minimum absolute atomic E-state index is 0.291. The topological polar surface area (TPSA) is 43.9 Å². The first-order valence-electron chi connectivity index (χ1n) is 11.2. The van der Waals surface area contributed by atoms with E-state index >= 15 is 0 Å². The number of fused-ring (bicyclic) bond motifs is 5. The molecule has 0 unspecified atom stereocenters. The molecule has 0 radical (unpaired) electrons. The van der Waals surface area contributed by atoms with Crippen molar-refractivity contribution in [2.45, 2.75) is 6.54 Å². The number of rotatable bonds is 3. The molecule has 4 aromatic carbocycles. The summed E-state index contributed by atoms with van der Waals surface area (Å²) in [7, 11) is 0. The molecule has 3 aromatic heterocycles. The third kappa shape index (κ3) is 2.90. The number of hydrogen-bond acceptors (Lipinski definition) is 3. The maximum absolute atomic E-state index is 13.8. The molecule has 0 bridgehead atoms. The van der Waals surface area contributed by atoms with Gasteiger partial charge in [-0.25, -0.2) is 4.98 Å². The highest BCUT2D eigenvalue weighted by Crippen LogP contribution is 2.37. The van der Waals surface area contributed by atoms with Crippen molar-refractivity contribution in [1.82, 2.24) is 14.5 Å². The fraction of sp³-hybridized carbons (Fsp3) is 0.0345. The Morgan fingerprint density at radius 3 is 2.38 bits per heavy atom. The normalized spacial score (nSPS) is 11.8. The summed E-state index contributed by atoms with van der Waals surface area (Å²) < 4.78 is 22.1. The van der Waals surface area contributed by atoms with Crippen molar-refractivity contribution < 1.29 is 8.81 Å². The number of para-hydroxylation sites is 1. The van der Waals surface area contributed by atoms with E-state index < -0.39 is 5.95 Å². The third-order valence-electron chi connectivity index (χ3n) is 6.37. The van der Waals surface area contributed by atoms with Crippen LogP contribution in [0.25, 0.3) is 55.3 Å². The summed E-state index contributed by atoms with van der Waals surface area (Å²) in [5.41, 5.74) is 4.95. The quantitative estimate of drug-likeness (QED) is 0.268. The van der Waals surface area contributed by atoms with Crippen LogP contribution in [-0.4, -0.2) is 14.5 Å². The number of hydrogen-bond donors (Lipinski definition) is 0. The van der Waals surface area contributed by atoms with Crippen LogP contribution in [0.4, 0.5) is 4.39 Å². The van der Waals surface area contributed by atoms with Gasteiger partial charge in [0.25, 0.3) is 0 Å². The van der Waals surface area contributed by atoms with Crippen molar-refractivity contribution in [3.63, 3.8) is 0 Å². The Balaban J connectivity index is 1.55. The second-order valence-corrected chi connectivity index (χ2v) is 8.47. The van der Waals surface area contributed by atoms with Gasteiger partial charge in [0, 0.05) is 17.3 Å². The molecule has 0 aliphatic rings. The van der Waals surface area contributed by atoms with Crippen LogP contribution >= 0.6 is 0 Å². The lowest BCUT2D eigenvalue weighted by Gasteiger charge is -2.10. The van der Waals surface area contributed by atoms with E-state index in [2.05, 4.69) is 45.9 Å². The maximum Gasteiger partial charge on any atom is 0.229 e. The lowest BCUT2D eigenvalue weighted by atomic mass is 10.1. The molecule has 34 heavy (non-hydrogen) atoms. The fourth-order valence-electron chi connectivity index (χ4n) is 4.77. The molecule has 0 fully saturated rings. The predicted octanol–water partition coefficient (Wildman–Crippen LogP) is 7.34. The van der Waals surface area contributed by atoms with Crippen molar-refractivity contribution in [2.24, 2.45) is 0 Å². The van der Waals surface area contributed by atoms with E-state index in [4.69, 9.17) is 9.40 Å². The van der Waals surface area contributed by atoms with E-state index in [0.29, 0.717) is 17.8 Å². The molecule has 7 rings (SSSR count). The number of nitrogens with zero attached hydrogens (tertiary/aromatic N) is 3. The van der Waals surface area contributed by atoms with Gasteiger partial charge in [-0.05, 0) is 46.7 Å². The first-order chi connectivity index (χ1) is 16.7. The van der Waals surface area contributed by atoms with Crippen LogP contribution < -0.4 is 0 Å². The molecule has 0 saturated carbocycles. The summed E-state index contributed by atoms with van der Waals surface area (Å²) in [6, 6.07) is 32.0. The van der Waals surface area contributed by atoms with E-state index in [1.165, 1.54) is 11.6 Å². The number of halogens is 1. The van der Waals surface area contributed by atoms with Crippen molar-refractivity contribution in [3.05, 3.63) is 109 Å². The molecule has 0 spiro atoms. The highest BCUT2D eigenvalue weighted by Gasteiger charge is 2.20. The standard InChI is InChI=1S/C29H18FN3O/c30-26-14-13-22-21-11-6-12-23(27(21)34-29(22)32-26)28-31-24-15-19-9-4-5-10-20(19)16-25(24)33(28)17-18-7-2-1-3-8-18/h1-16H,17H2. The van der Waals surface area contributed by atoms with Crippen LogP contribution in [0.3, 0.4) is 0 Å². The van der Waals surface area contributed by atoms with Crippen molar-refractivity contribution in [3.8, 4) is 11.4 Å². The zero-order valence-electron chi connectivity index (χ0n) is 18.1. The van der Waals surface area contributed by atoms with Gasteiger partial charge in [-0.15, -0.1) is 0 Å². The zero-order chi connectivity index (χ0) is 22.6. The van der Waals surface area contributed by atoms with Gasteiger partial charge in [-0.3, -0.25) is 0 Å². The molecular formula is C29H18FN3O. The molecule has 0 amide bonds. The van der Waals surface area contributed by atoms with Gasteiger partial charge in [0.2, 0.25) is 11.7 Å². The Bertz CT molecular complexity index is 1850. The molecule has 0 atom stereocenters. The van der Waals surface area contributed by atoms with Gasteiger partial charge >= 0.3 is 0 Å². The Morgan fingerprint density at radius 2 is 1.53 bits per heavy atom. The fourth-order valence-corrected chi connectivity index (χ4v) is 4.77. The molecule has 0 saturated heterocycles. The molecule has 0 N–H and O–H groups in total. The van der Waals surface area contributed by atoms with Gasteiger partial charge in [0.05, 0.1) is 16.6 Å². The molecule has 0 aliphatic carbocycles. The summed E-state index contributed by atoms with van der Waals surface area (Å²) in [5, 5.41) is 3.99. The van der Waals surface area contributed by atoms with Crippen LogP contribution in [0.2, 0.25) is 0 Å². The van der Waals surface area contributed by atoms with E-state index in [1.807, 2.05) is 48.5 Å². The van der Waals surface area contributed by atoms with Gasteiger partial charge in [0.1, 0.15) is 11.4 Å². The molecule has 7 aromatic rings. The molecule has 0 aliphatic heterocycles.